The van der Waals surface area contributed by atoms with Crippen molar-refractivity contribution in [1.29, 1.82) is 0 Å². The fourth-order valence-corrected chi connectivity index (χ4v) is 7.36. The van der Waals surface area contributed by atoms with E-state index in [1.165, 1.54) is 19.3 Å². The Hall–Kier alpha value is -4.88. The monoisotopic (exact) mass is 1020 g/mol. The predicted octanol–water partition coefficient (Wildman–Crippen LogP) is 13.7. The van der Waals surface area contributed by atoms with E-state index in [9.17, 15) is 34.5 Å². The van der Waals surface area contributed by atoms with E-state index in [2.05, 4.69) is 112 Å². The molecule has 0 saturated carbocycles. The van der Waals surface area contributed by atoms with Crippen molar-refractivity contribution in [2.24, 2.45) is 0 Å². The van der Waals surface area contributed by atoms with Gasteiger partial charge in [0.15, 0.2) is 24.6 Å². The van der Waals surface area contributed by atoms with E-state index in [1.54, 1.807) is 0 Å². The van der Waals surface area contributed by atoms with E-state index in [0.29, 0.717) is 25.7 Å². The van der Waals surface area contributed by atoms with Gasteiger partial charge in [-0.2, -0.15) is 0 Å². The van der Waals surface area contributed by atoms with Gasteiger partial charge < -0.3 is 39.0 Å². The Morgan fingerprint density at radius 3 is 1.37 bits per heavy atom. The fourth-order valence-electron chi connectivity index (χ4n) is 7.36. The molecule has 0 spiro atoms. The Kier molecular flexibility index (Phi) is 43.6. The van der Waals surface area contributed by atoms with Crippen molar-refractivity contribution in [2.75, 3.05) is 13.2 Å². The summed E-state index contributed by atoms with van der Waals surface area (Å²) >= 11 is 0. The van der Waals surface area contributed by atoms with Crippen molar-refractivity contribution in [3.8, 4) is 0 Å². The molecule has 3 N–H and O–H groups in total. The average molecular weight is 1020 g/mol. The van der Waals surface area contributed by atoms with Crippen molar-refractivity contribution in [2.45, 2.75) is 225 Å². The number of aliphatic hydroxyl groups excluding tert-OH is 2. The molecule has 12 heteroatoms. The Morgan fingerprint density at radius 2 is 0.890 bits per heavy atom. The molecule has 0 radical (unpaired) electrons. The number of carbonyl (C=O) groups is 4. The van der Waals surface area contributed by atoms with Crippen LogP contribution in [-0.4, -0.2) is 89.2 Å². The number of carboxylic acid groups (broad SMARTS) is 1. The second-order valence-electron chi connectivity index (χ2n) is 18.1. The molecule has 1 aliphatic rings. The van der Waals surface area contributed by atoms with Crippen molar-refractivity contribution < 1.29 is 58.2 Å². The third-order valence-corrected chi connectivity index (χ3v) is 11.5. The maximum absolute atomic E-state index is 13.0. The number of allylic oxidation sites excluding steroid dienone is 20. The van der Waals surface area contributed by atoms with Crippen LogP contribution < -0.4 is 0 Å². The molecular formula is C61H94O12. The topological polar surface area (TPSA) is 175 Å². The van der Waals surface area contributed by atoms with Crippen LogP contribution in [0.15, 0.2) is 122 Å². The number of unbranched alkanes of at least 4 members (excludes halogenated alkanes) is 10. The summed E-state index contributed by atoms with van der Waals surface area (Å²) in [6, 6.07) is 0. The molecule has 6 atom stereocenters. The summed E-state index contributed by atoms with van der Waals surface area (Å²) in [7, 11) is 0. The largest absolute Gasteiger partial charge is 0.479 e. The van der Waals surface area contributed by atoms with E-state index >= 15 is 0 Å². The Balaban J connectivity index is 2.79. The number of aliphatic carboxylic acids is 1. The van der Waals surface area contributed by atoms with Crippen LogP contribution in [0.3, 0.4) is 0 Å². The number of esters is 3. The molecule has 0 aromatic carbocycles. The molecule has 1 fully saturated rings. The summed E-state index contributed by atoms with van der Waals surface area (Å²) in [5.41, 5.74) is 0. The smallest absolute Gasteiger partial charge is 0.335 e. The molecule has 6 unspecified atom stereocenters. The maximum Gasteiger partial charge on any atom is 0.335 e. The molecule has 0 aliphatic carbocycles. The summed E-state index contributed by atoms with van der Waals surface area (Å²) < 4.78 is 28.1. The minimum atomic E-state index is -1.93. The van der Waals surface area contributed by atoms with E-state index in [0.717, 1.165) is 103 Å². The molecule has 1 rings (SSSR count). The third kappa shape index (κ3) is 38.4. The second-order valence-corrected chi connectivity index (χ2v) is 18.1. The van der Waals surface area contributed by atoms with Gasteiger partial charge in [-0.3, -0.25) is 14.4 Å². The Morgan fingerprint density at radius 1 is 0.466 bits per heavy atom. The SMILES string of the molecule is CC/C=C\C/C=C\C/C=C\C/C=C\CCC(=O)OCC(COC1OC(C(=O)O)C(O)C(O)C1OC(=O)CCCCCCCCC/C=C\C/C=C\CCCCC)OC(=O)CC/C=C\C/C=C\C/C=C\C/C=C\CC. The molecule has 410 valence electrons. The lowest BCUT2D eigenvalue weighted by Crippen LogP contribution is -2.61. The number of ether oxygens (including phenoxy) is 5. The van der Waals surface area contributed by atoms with E-state index < -0.39 is 67.3 Å². The first-order valence-electron chi connectivity index (χ1n) is 27.5. The minimum Gasteiger partial charge on any atom is -0.479 e. The average Bonchev–Trinajstić information content (AvgIpc) is 3.37. The predicted molar refractivity (Wildman–Crippen MR) is 293 cm³/mol. The lowest BCUT2D eigenvalue weighted by atomic mass is 9.98. The van der Waals surface area contributed by atoms with Gasteiger partial charge in [-0.05, 0) is 103 Å². The summed E-state index contributed by atoms with van der Waals surface area (Å²) in [5, 5.41) is 31.4. The molecule has 12 nitrogen and oxygen atoms in total. The first-order valence-corrected chi connectivity index (χ1v) is 27.5. The van der Waals surface area contributed by atoms with Crippen molar-refractivity contribution >= 4 is 23.9 Å². The molecule has 73 heavy (non-hydrogen) atoms. The number of hydrogen-bond donors (Lipinski definition) is 3. The zero-order chi connectivity index (χ0) is 53.3. The summed E-state index contributed by atoms with van der Waals surface area (Å²) in [4.78, 5) is 50.9. The van der Waals surface area contributed by atoms with Gasteiger partial charge in [0.05, 0.1) is 6.61 Å². The summed E-state index contributed by atoms with van der Waals surface area (Å²) in [6.07, 6.45) is 53.5. The van der Waals surface area contributed by atoms with Crippen molar-refractivity contribution in [3.63, 3.8) is 0 Å². The van der Waals surface area contributed by atoms with E-state index in [-0.39, 0.29) is 25.9 Å². The lowest BCUT2D eigenvalue weighted by Gasteiger charge is -2.40. The van der Waals surface area contributed by atoms with Gasteiger partial charge in [-0.15, -0.1) is 0 Å². The van der Waals surface area contributed by atoms with Gasteiger partial charge in [0.25, 0.3) is 0 Å². The Labute approximate surface area is 439 Å². The van der Waals surface area contributed by atoms with Gasteiger partial charge in [-0.25, -0.2) is 4.79 Å². The minimum absolute atomic E-state index is 0.0197. The molecule has 1 heterocycles. The number of rotatable bonds is 44. The molecular weight excluding hydrogens is 925 g/mol. The van der Waals surface area contributed by atoms with Gasteiger partial charge in [-0.1, -0.05) is 187 Å². The highest BCUT2D eigenvalue weighted by molar-refractivity contribution is 5.74. The third-order valence-electron chi connectivity index (χ3n) is 11.5. The number of carbonyl (C=O) groups excluding carboxylic acids is 3. The quantitative estimate of drug-likeness (QED) is 0.0228. The zero-order valence-corrected chi connectivity index (χ0v) is 44.8. The first kappa shape index (κ1) is 66.1. The van der Waals surface area contributed by atoms with Crippen LogP contribution in [0.1, 0.15) is 188 Å². The van der Waals surface area contributed by atoms with Crippen LogP contribution in [0, 0.1) is 0 Å². The molecule has 0 aromatic heterocycles. The van der Waals surface area contributed by atoms with E-state index in [1.807, 2.05) is 30.4 Å². The van der Waals surface area contributed by atoms with Crippen molar-refractivity contribution in [1.82, 2.24) is 0 Å². The molecule has 1 aliphatic heterocycles. The number of hydrogen-bond acceptors (Lipinski definition) is 11. The Bertz CT molecular complexity index is 1730. The highest BCUT2D eigenvalue weighted by atomic mass is 16.7. The van der Waals surface area contributed by atoms with Gasteiger partial charge in [0.2, 0.25) is 0 Å². The lowest BCUT2D eigenvalue weighted by molar-refractivity contribution is -0.301. The molecule has 1 saturated heterocycles. The summed E-state index contributed by atoms with van der Waals surface area (Å²) in [5.74, 6) is -3.37. The van der Waals surface area contributed by atoms with Crippen LogP contribution >= 0.6 is 0 Å². The first-order chi connectivity index (χ1) is 35.6. The maximum atomic E-state index is 13.0. The van der Waals surface area contributed by atoms with E-state index in [4.69, 9.17) is 23.7 Å². The summed E-state index contributed by atoms with van der Waals surface area (Å²) in [6.45, 7) is 5.57. The van der Waals surface area contributed by atoms with Crippen molar-refractivity contribution in [3.05, 3.63) is 122 Å². The number of aliphatic hydroxyl groups is 2. The van der Waals surface area contributed by atoms with Crippen LogP contribution in [0.4, 0.5) is 0 Å². The normalized spacial score (nSPS) is 19.3. The molecule has 0 aromatic rings. The highest BCUT2D eigenvalue weighted by Gasteiger charge is 2.50. The molecule has 0 amide bonds. The van der Waals surface area contributed by atoms with Gasteiger partial charge >= 0.3 is 23.9 Å². The highest BCUT2D eigenvalue weighted by Crippen LogP contribution is 2.26. The van der Waals surface area contributed by atoms with Crippen LogP contribution in [0.2, 0.25) is 0 Å². The zero-order valence-electron chi connectivity index (χ0n) is 44.8. The standard InChI is InChI=1S/C61H94O12/c1-4-7-10-13-16-19-22-25-26-27-28-31-34-37-40-43-46-49-55(64)72-59-57(66)56(65)58(60(67)68)73-61(59)70-51-52(71-54(63)48-45-42-39-36-33-30-24-21-18-15-12-9-6-3)50-69-53(62)47-44-41-38-35-32-29-23-20-17-14-11-8-5-2/h8-9,11-12,16-21,25-26,29-30,32-33,38-39,41-42,52,56-59,61,65-66H,4-7,10,13-15,22-24,27-28,31,34-37,40,43-51H2,1-3H3,(H,67,68)/b11-8-,12-9-,19-16-,20-17-,21-18-,26-25-,32-29-,33-30-,41-38-,42-39-. The molecule has 0 bridgehead atoms. The van der Waals surface area contributed by atoms with Crippen LogP contribution in [-0.2, 0) is 42.9 Å². The van der Waals surface area contributed by atoms with Crippen LogP contribution in [0.5, 0.6) is 0 Å². The van der Waals surface area contributed by atoms with Gasteiger partial charge in [0.1, 0.15) is 18.8 Å². The fraction of sp³-hybridized carbons (Fsp3) is 0.607. The van der Waals surface area contributed by atoms with Crippen LogP contribution in [0.25, 0.3) is 0 Å². The van der Waals surface area contributed by atoms with Gasteiger partial charge in [0, 0.05) is 19.3 Å². The second kappa shape index (κ2) is 48.1. The number of carboxylic acids is 1.